The van der Waals surface area contributed by atoms with E-state index in [2.05, 4.69) is 10.3 Å². The van der Waals surface area contributed by atoms with Crippen molar-refractivity contribution in [3.63, 3.8) is 0 Å². The van der Waals surface area contributed by atoms with Crippen LogP contribution in [0.1, 0.15) is 12.5 Å². The van der Waals surface area contributed by atoms with E-state index in [1.165, 1.54) is 12.3 Å². The van der Waals surface area contributed by atoms with Crippen LogP contribution >= 0.6 is 11.6 Å². The van der Waals surface area contributed by atoms with Crippen molar-refractivity contribution in [3.05, 3.63) is 59.1 Å². The van der Waals surface area contributed by atoms with Crippen LogP contribution in [0.25, 0.3) is 0 Å². The Morgan fingerprint density at radius 3 is 2.70 bits per heavy atom. The minimum Gasteiger partial charge on any atom is -0.367 e. The molecule has 0 radical (unpaired) electrons. The van der Waals surface area contributed by atoms with Crippen molar-refractivity contribution in [3.8, 4) is 0 Å². The van der Waals surface area contributed by atoms with E-state index in [9.17, 15) is 9.18 Å². The van der Waals surface area contributed by atoms with Gasteiger partial charge in [-0.15, -0.1) is 0 Å². The maximum absolute atomic E-state index is 13.3. The summed E-state index contributed by atoms with van der Waals surface area (Å²) >= 11 is 6.05. The summed E-state index contributed by atoms with van der Waals surface area (Å²) in [5.74, 6) is -1.21. The number of aromatic nitrogens is 1. The molecule has 1 unspecified atom stereocenters. The Kier molecular flexibility index (Phi) is 3.90. The fourth-order valence-corrected chi connectivity index (χ4v) is 1.98. The van der Waals surface area contributed by atoms with Crippen molar-refractivity contribution in [1.82, 2.24) is 4.98 Å². The Balaban J connectivity index is 2.46. The fraction of sp³-hybridized carbons (Fsp3) is 0.143. The number of amides is 1. The average Bonchev–Trinajstić information content (AvgIpc) is 2.41. The highest BCUT2D eigenvalue weighted by molar-refractivity contribution is 6.33. The lowest BCUT2D eigenvalue weighted by molar-refractivity contribution is -0.122. The summed E-state index contributed by atoms with van der Waals surface area (Å²) in [6.07, 6.45) is 2.44. The van der Waals surface area contributed by atoms with E-state index in [0.717, 1.165) is 6.20 Å². The molecule has 0 bridgehead atoms. The number of rotatable bonds is 4. The number of benzene rings is 1. The molecule has 1 aromatic heterocycles. The van der Waals surface area contributed by atoms with Crippen LogP contribution in [0.3, 0.4) is 0 Å². The third-order valence-corrected chi connectivity index (χ3v) is 3.36. The van der Waals surface area contributed by atoms with Crippen LogP contribution in [0.4, 0.5) is 10.1 Å². The van der Waals surface area contributed by atoms with E-state index < -0.39 is 17.3 Å². The van der Waals surface area contributed by atoms with Crippen LogP contribution < -0.4 is 11.1 Å². The van der Waals surface area contributed by atoms with Gasteiger partial charge in [-0.3, -0.25) is 9.78 Å². The van der Waals surface area contributed by atoms with E-state index in [1.807, 2.05) is 0 Å². The van der Waals surface area contributed by atoms with Gasteiger partial charge in [0.05, 0.1) is 16.9 Å². The number of nitrogens with zero attached hydrogens (tertiary/aromatic N) is 1. The smallest absolute Gasteiger partial charge is 0.247 e. The molecule has 1 heterocycles. The number of nitrogens with one attached hydrogen (secondary N) is 1. The number of anilines is 1. The van der Waals surface area contributed by atoms with Gasteiger partial charge in [0.2, 0.25) is 5.91 Å². The van der Waals surface area contributed by atoms with Gasteiger partial charge in [-0.2, -0.15) is 0 Å². The molecule has 0 saturated carbocycles. The number of carbonyl (C=O) groups excluding carboxylic acids is 1. The van der Waals surface area contributed by atoms with Gasteiger partial charge in [-0.25, -0.2) is 4.39 Å². The normalized spacial score (nSPS) is 13.6. The fourth-order valence-electron chi connectivity index (χ4n) is 1.79. The molecule has 0 fully saturated rings. The third kappa shape index (κ3) is 2.72. The minimum absolute atomic E-state index is 0.324. The van der Waals surface area contributed by atoms with E-state index in [4.69, 9.17) is 17.3 Å². The van der Waals surface area contributed by atoms with E-state index in [1.54, 1.807) is 31.2 Å². The lowest BCUT2D eigenvalue weighted by atomic mass is 9.92. The first-order chi connectivity index (χ1) is 9.43. The number of hydrogen-bond donors (Lipinski definition) is 2. The molecule has 0 saturated heterocycles. The first-order valence-corrected chi connectivity index (χ1v) is 6.25. The zero-order valence-corrected chi connectivity index (χ0v) is 11.5. The molecule has 1 aromatic carbocycles. The topological polar surface area (TPSA) is 68.0 Å². The van der Waals surface area contributed by atoms with Crippen molar-refractivity contribution >= 4 is 23.2 Å². The quantitative estimate of drug-likeness (QED) is 0.910. The summed E-state index contributed by atoms with van der Waals surface area (Å²) in [6.45, 7) is 1.55. The molecule has 2 aromatic rings. The number of primary amides is 1. The lowest BCUT2D eigenvalue weighted by Gasteiger charge is -2.29. The monoisotopic (exact) mass is 293 g/mol. The van der Waals surface area contributed by atoms with Crippen LogP contribution in [-0.4, -0.2) is 10.9 Å². The molecule has 1 atom stereocenters. The summed E-state index contributed by atoms with van der Waals surface area (Å²) < 4.78 is 13.3. The Morgan fingerprint density at radius 1 is 1.40 bits per heavy atom. The van der Waals surface area contributed by atoms with E-state index in [0.29, 0.717) is 16.3 Å². The van der Waals surface area contributed by atoms with Crippen LogP contribution in [-0.2, 0) is 10.3 Å². The third-order valence-electron chi connectivity index (χ3n) is 3.03. The Hall–Kier alpha value is -2.14. The zero-order valence-electron chi connectivity index (χ0n) is 10.7. The second-order valence-corrected chi connectivity index (χ2v) is 4.89. The molecular weight excluding hydrogens is 281 g/mol. The molecule has 4 nitrogen and oxygen atoms in total. The number of nitrogens with two attached hydrogens (primary N) is 1. The summed E-state index contributed by atoms with van der Waals surface area (Å²) in [5, 5.41) is 3.39. The van der Waals surface area contributed by atoms with Crippen molar-refractivity contribution < 1.29 is 9.18 Å². The van der Waals surface area contributed by atoms with Gasteiger partial charge in [0.1, 0.15) is 11.4 Å². The van der Waals surface area contributed by atoms with Crippen molar-refractivity contribution in [1.29, 1.82) is 0 Å². The standard InChI is InChI=1S/C14H13ClFN3O/c1-14(13(17)20,9-6-10(16)8-18-7-9)19-12-5-3-2-4-11(12)15/h2-8,19H,1H3,(H2,17,20). The minimum atomic E-state index is -1.32. The molecule has 20 heavy (non-hydrogen) atoms. The predicted molar refractivity (Wildman–Crippen MR) is 75.8 cm³/mol. The molecule has 0 spiro atoms. The number of carbonyl (C=O) groups is 1. The summed E-state index contributed by atoms with van der Waals surface area (Å²) in [5.41, 5.74) is 4.99. The Bertz CT molecular complexity index is 650. The first kappa shape index (κ1) is 14.3. The largest absolute Gasteiger partial charge is 0.367 e. The summed E-state index contributed by atoms with van der Waals surface area (Å²) in [4.78, 5) is 15.6. The molecular formula is C14H13ClFN3O. The van der Waals surface area contributed by atoms with Crippen LogP contribution in [0, 0.1) is 5.82 Å². The summed E-state index contributed by atoms with van der Waals surface area (Å²) in [7, 11) is 0. The van der Waals surface area contributed by atoms with Crippen LogP contribution in [0.15, 0.2) is 42.7 Å². The highest BCUT2D eigenvalue weighted by atomic mass is 35.5. The zero-order chi connectivity index (χ0) is 14.8. The second kappa shape index (κ2) is 5.46. The molecule has 0 aliphatic carbocycles. The average molecular weight is 294 g/mol. The first-order valence-electron chi connectivity index (χ1n) is 5.87. The lowest BCUT2D eigenvalue weighted by Crippen LogP contribution is -2.45. The molecule has 6 heteroatoms. The molecule has 0 aliphatic heterocycles. The number of halogens is 2. The molecule has 0 aliphatic rings. The Labute approximate surface area is 120 Å². The van der Waals surface area contributed by atoms with Gasteiger partial charge in [-0.1, -0.05) is 23.7 Å². The molecule has 2 rings (SSSR count). The van der Waals surface area contributed by atoms with Gasteiger partial charge >= 0.3 is 0 Å². The maximum Gasteiger partial charge on any atom is 0.247 e. The number of hydrogen-bond acceptors (Lipinski definition) is 3. The van der Waals surface area contributed by atoms with Gasteiger partial charge < -0.3 is 11.1 Å². The van der Waals surface area contributed by atoms with Crippen LogP contribution in [0.5, 0.6) is 0 Å². The Morgan fingerprint density at radius 2 is 2.10 bits per heavy atom. The van der Waals surface area contributed by atoms with Crippen molar-refractivity contribution in [2.45, 2.75) is 12.5 Å². The van der Waals surface area contributed by atoms with Crippen LogP contribution in [0.2, 0.25) is 5.02 Å². The van der Waals surface area contributed by atoms with Crippen molar-refractivity contribution in [2.75, 3.05) is 5.32 Å². The highest BCUT2D eigenvalue weighted by Crippen LogP contribution is 2.30. The number of pyridine rings is 1. The van der Waals surface area contributed by atoms with Gasteiger partial charge in [0.15, 0.2) is 0 Å². The molecule has 3 N–H and O–H groups in total. The van der Waals surface area contributed by atoms with Gasteiger partial charge in [0, 0.05) is 11.8 Å². The van der Waals surface area contributed by atoms with E-state index >= 15 is 0 Å². The van der Waals surface area contributed by atoms with Crippen molar-refractivity contribution in [2.24, 2.45) is 5.73 Å². The SMILES string of the molecule is CC(Nc1ccccc1Cl)(C(N)=O)c1cncc(F)c1. The molecule has 104 valence electrons. The molecule has 1 amide bonds. The number of para-hydroxylation sites is 1. The highest BCUT2D eigenvalue weighted by Gasteiger charge is 2.34. The van der Waals surface area contributed by atoms with Gasteiger partial charge in [-0.05, 0) is 25.1 Å². The second-order valence-electron chi connectivity index (χ2n) is 4.49. The predicted octanol–water partition coefficient (Wildman–Crippen LogP) is 2.69. The summed E-state index contributed by atoms with van der Waals surface area (Å²) in [6, 6.07) is 8.12. The van der Waals surface area contributed by atoms with Gasteiger partial charge in [0.25, 0.3) is 0 Å². The maximum atomic E-state index is 13.3. The van der Waals surface area contributed by atoms with E-state index in [-0.39, 0.29) is 0 Å².